The van der Waals surface area contributed by atoms with Crippen LogP contribution < -0.4 is 10.6 Å². The maximum atomic E-state index is 11.9. The Kier molecular flexibility index (Phi) is 5.23. The summed E-state index contributed by atoms with van der Waals surface area (Å²) in [4.78, 5) is 16.4. The van der Waals surface area contributed by atoms with E-state index in [0.717, 1.165) is 11.1 Å². The summed E-state index contributed by atoms with van der Waals surface area (Å²) in [5.41, 5.74) is 2.47. The van der Waals surface area contributed by atoms with Gasteiger partial charge in [0.25, 0.3) is 0 Å². The number of nitrogens with zero attached hydrogens (tertiary/aromatic N) is 1. The number of rotatable bonds is 6. The molecule has 1 aliphatic heterocycles. The molecule has 1 aliphatic rings. The number of ketones is 1. The van der Waals surface area contributed by atoms with Crippen molar-refractivity contribution in [2.75, 3.05) is 7.05 Å². The van der Waals surface area contributed by atoms with Crippen LogP contribution in [0.15, 0.2) is 71.5 Å². The van der Waals surface area contributed by atoms with Crippen molar-refractivity contribution < 1.29 is 4.79 Å². The highest BCUT2D eigenvalue weighted by Gasteiger charge is 2.19. The predicted octanol–water partition coefficient (Wildman–Crippen LogP) is 1.97. The molecule has 0 radical (unpaired) electrons. The van der Waals surface area contributed by atoms with Gasteiger partial charge in [-0.1, -0.05) is 36.9 Å². The first-order valence-electron chi connectivity index (χ1n) is 6.81. The van der Waals surface area contributed by atoms with Gasteiger partial charge in [-0.05, 0) is 31.0 Å². The van der Waals surface area contributed by atoms with Gasteiger partial charge in [-0.3, -0.25) is 9.79 Å². The summed E-state index contributed by atoms with van der Waals surface area (Å²) in [7, 11) is 1.85. The van der Waals surface area contributed by atoms with Crippen LogP contribution in [-0.2, 0) is 11.3 Å². The van der Waals surface area contributed by atoms with E-state index in [1.807, 2.05) is 43.5 Å². The second-order valence-corrected chi connectivity index (χ2v) is 4.62. The molecule has 0 saturated heterocycles. The second kappa shape index (κ2) is 7.36. The third-order valence-electron chi connectivity index (χ3n) is 3.23. The van der Waals surface area contributed by atoms with E-state index < -0.39 is 0 Å². The number of allylic oxidation sites excluding steroid dienone is 1. The lowest BCUT2D eigenvalue weighted by atomic mass is 10.0. The lowest BCUT2D eigenvalue weighted by molar-refractivity contribution is -0.111. The summed E-state index contributed by atoms with van der Waals surface area (Å²) >= 11 is 0. The predicted molar refractivity (Wildman–Crippen MR) is 86.0 cm³/mol. The number of aliphatic imine (C=N–C) groups is 1. The fourth-order valence-electron chi connectivity index (χ4n) is 2.12. The van der Waals surface area contributed by atoms with Crippen molar-refractivity contribution in [1.82, 2.24) is 10.6 Å². The van der Waals surface area contributed by atoms with Crippen LogP contribution in [0.4, 0.5) is 0 Å². The molecule has 2 N–H and O–H groups in total. The van der Waals surface area contributed by atoms with Crippen LogP contribution >= 0.6 is 0 Å². The van der Waals surface area contributed by atoms with Gasteiger partial charge in [0.2, 0.25) is 5.78 Å². The third kappa shape index (κ3) is 3.77. The average molecular weight is 281 g/mol. The Morgan fingerprint density at radius 3 is 2.86 bits per heavy atom. The van der Waals surface area contributed by atoms with Gasteiger partial charge in [0.05, 0.1) is 18.3 Å². The van der Waals surface area contributed by atoms with Crippen LogP contribution in [0.3, 0.4) is 0 Å². The van der Waals surface area contributed by atoms with Crippen molar-refractivity contribution in [3.8, 4) is 0 Å². The van der Waals surface area contributed by atoms with Crippen LogP contribution in [0.5, 0.6) is 0 Å². The van der Waals surface area contributed by atoms with E-state index in [2.05, 4.69) is 22.2 Å². The minimum atomic E-state index is -0.138. The minimum Gasteiger partial charge on any atom is -0.358 e. The van der Waals surface area contributed by atoms with Crippen molar-refractivity contribution in [3.05, 3.63) is 72.1 Å². The van der Waals surface area contributed by atoms with Crippen LogP contribution in [0, 0.1) is 0 Å². The SMILES string of the molecule is C=CC(=O)C1=C(C=NCc2ccccc2)C(NC)C=CN1. The lowest BCUT2D eigenvalue weighted by Crippen LogP contribution is -2.34. The van der Waals surface area contributed by atoms with Gasteiger partial charge in [0, 0.05) is 11.8 Å². The summed E-state index contributed by atoms with van der Waals surface area (Å²) in [6, 6.07) is 9.95. The molecule has 4 heteroatoms. The van der Waals surface area contributed by atoms with Gasteiger partial charge in [-0.25, -0.2) is 0 Å². The van der Waals surface area contributed by atoms with E-state index in [-0.39, 0.29) is 11.8 Å². The number of carbonyl (C=O) groups is 1. The van der Waals surface area contributed by atoms with Crippen LogP contribution in [0.2, 0.25) is 0 Å². The molecule has 1 heterocycles. The summed E-state index contributed by atoms with van der Waals surface area (Å²) in [6.07, 6.45) is 6.76. The van der Waals surface area contributed by atoms with Crippen LogP contribution in [0.25, 0.3) is 0 Å². The zero-order valence-electron chi connectivity index (χ0n) is 12.0. The van der Waals surface area contributed by atoms with Crippen molar-refractivity contribution in [2.45, 2.75) is 12.6 Å². The zero-order chi connectivity index (χ0) is 15.1. The number of nitrogens with one attached hydrogen (secondary N) is 2. The highest BCUT2D eigenvalue weighted by atomic mass is 16.1. The van der Waals surface area contributed by atoms with E-state index in [1.54, 1.807) is 12.4 Å². The molecule has 0 bridgehead atoms. The molecule has 0 saturated carbocycles. The second-order valence-electron chi connectivity index (χ2n) is 4.62. The Morgan fingerprint density at radius 2 is 2.19 bits per heavy atom. The Labute approximate surface area is 125 Å². The fourth-order valence-corrected chi connectivity index (χ4v) is 2.12. The number of likely N-dealkylation sites (N-methyl/N-ethyl adjacent to an activating group) is 1. The summed E-state index contributed by atoms with van der Waals surface area (Å²) in [5.74, 6) is -0.138. The molecule has 0 amide bonds. The molecular formula is C17H19N3O. The summed E-state index contributed by atoms with van der Waals surface area (Å²) in [6.45, 7) is 4.12. The van der Waals surface area contributed by atoms with Crippen molar-refractivity contribution in [1.29, 1.82) is 0 Å². The molecule has 1 unspecified atom stereocenters. The minimum absolute atomic E-state index is 0.0373. The largest absolute Gasteiger partial charge is 0.358 e. The third-order valence-corrected chi connectivity index (χ3v) is 3.23. The molecule has 1 atom stereocenters. The Balaban J connectivity index is 2.21. The maximum Gasteiger partial charge on any atom is 0.201 e. The number of carbonyl (C=O) groups excluding carboxylic acids is 1. The molecule has 2 rings (SSSR count). The van der Waals surface area contributed by atoms with Gasteiger partial charge in [0.1, 0.15) is 0 Å². The standard InChI is InChI=1S/C17H19N3O/c1-3-16(21)17-14(15(18-2)9-10-20-17)12-19-11-13-7-5-4-6-8-13/h3-10,12,15,18,20H,1,11H2,2H3. The molecule has 1 aromatic rings. The molecule has 21 heavy (non-hydrogen) atoms. The molecule has 0 aromatic heterocycles. The van der Waals surface area contributed by atoms with Crippen molar-refractivity contribution >= 4 is 12.0 Å². The quantitative estimate of drug-likeness (QED) is 0.619. The Morgan fingerprint density at radius 1 is 1.43 bits per heavy atom. The van der Waals surface area contributed by atoms with E-state index >= 15 is 0 Å². The number of hydrogen-bond acceptors (Lipinski definition) is 4. The summed E-state index contributed by atoms with van der Waals surface area (Å²) in [5, 5.41) is 6.13. The number of dihydropyridines is 1. The number of benzene rings is 1. The van der Waals surface area contributed by atoms with Crippen LogP contribution in [-0.4, -0.2) is 25.1 Å². The fraction of sp³-hybridized carbons (Fsp3) is 0.176. The molecule has 0 aliphatic carbocycles. The van der Waals surface area contributed by atoms with E-state index in [4.69, 9.17) is 0 Å². The smallest absolute Gasteiger partial charge is 0.201 e. The lowest BCUT2D eigenvalue weighted by Gasteiger charge is -2.21. The molecule has 108 valence electrons. The molecular weight excluding hydrogens is 262 g/mol. The first-order valence-corrected chi connectivity index (χ1v) is 6.81. The van der Waals surface area contributed by atoms with Gasteiger partial charge in [-0.2, -0.15) is 0 Å². The van der Waals surface area contributed by atoms with Crippen molar-refractivity contribution in [3.63, 3.8) is 0 Å². The Bertz CT molecular complexity index is 600. The van der Waals surface area contributed by atoms with E-state index in [9.17, 15) is 4.79 Å². The van der Waals surface area contributed by atoms with E-state index in [1.165, 1.54) is 6.08 Å². The Hall–Kier alpha value is -2.46. The van der Waals surface area contributed by atoms with E-state index in [0.29, 0.717) is 12.2 Å². The number of hydrogen-bond donors (Lipinski definition) is 2. The van der Waals surface area contributed by atoms with Gasteiger partial charge < -0.3 is 10.6 Å². The first kappa shape index (κ1) is 14.9. The van der Waals surface area contributed by atoms with Crippen molar-refractivity contribution in [2.24, 2.45) is 4.99 Å². The molecule has 0 spiro atoms. The molecule has 0 fully saturated rings. The highest BCUT2D eigenvalue weighted by molar-refractivity contribution is 6.08. The maximum absolute atomic E-state index is 11.9. The zero-order valence-corrected chi connectivity index (χ0v) is 12.0. The van der Waals surface area contributed by atoms with Gasteiger partial charge in [0.15, 0.2) is 0 Å². The summed E-state index contributed by atoms with van der Waals surface area (Å²) < 4.78 is 0. The van der Waals surface area contributed by atoms with Crippen LogP contribution in [0.1, 0.15) is 5.56 Å². The first-order chi connectivity index (χ1) is 10.3. The normalized spacial score (nSPS) is 17.9. The van der Waals surface area contributed by atoms with Gasteiger partial charge in [-0.15, -0.1) is 0 Å². The monoisotopic (exact) mass is 281 g/mol. The molecule has 1 aromatic carbocycles. The highest BCUT2D eigenvalue weighted by Crippen LogP contribution is 2.13. The van der Waals surface area contributed by atoms with Gasteiger partial charge >= 0.3 is 0 Å². The topological polar surface area (TPSA) is 53.5 Å². The molecule has 4 nitrogen and oxygen atoms in total. The average Bonchev–Trinajstić information content (AvgIpc) is 2.55.